The molecule has 0 radical (unpaired) electrons. The maximum Gasteiger partial charge on any atom is 0.264 e. The van der Waals surface area contributed by atoms with Crippen LogP contribution in [0.5, 0.6) is 0 Å². The molecular weight excluding hydrogens is 312 g/mol. The topological polar surface area (TPSA) is 52.7 Å². The van der Waals surface area contributed by atoms with E-state index in [-0.39, 0.29) is 5.56 Å². The van der Waals surface area contributed by atoms with E-state index < -0.39 is 0 Å². The van der Waals surface area contributed by atoms with Gasteiger partial charge < -0.3 is 0 Å². The molecule has 2 aromatic heterocycles. The van der Waals surface area contributed by atoms with Crippen LogP contribution in [-0.2, 0) is 6.54 Å². The number of rotatable bonds is 3. The third-order valence-electron chi connectivity index (χ3n) is 4.47. The number of benzene rings is 2. The lowest BCUT2D eigenvalue weighted by Crippen LogP contribution is -2.24. The van der Waals surface area contributed by atoms with Crippen molar-refractivity contribution in [2.24, 2.45) is 0 Å². The molecule has 5 heteroatoms. The number of hydrogen-bond donors (Lipinski definition) is 0. The highest BCUT2D eigenvalue weighted by Gasteiger charge is 2.14. The van der Waals surface area contributed by atoms with Gasteiger partial charge in [-0.05, 0) is 37.1 Å². The molecule has 0 unspecified atom stereocenters. The van der Waals surface area contributed by atoms with E-state index in [0.717, 1.165) is 16.8 Å². The minimum atomic E-state index is -0.0621. The number of aryl methyl sites for hydroxylation is 2. The van der Waals surface area contributed by atoms with Gasteiger partial charge in [-0.1, -0.05) is 42.5 Å². The lowest BCUT2D eigenvalue weighted by molar-refractivity contribution is 0.707. The molecule has 0 N–H and O–H groups in total. The molecule has 0 atom stereocenters. The van der Waals surface area contributed by atoms with Gasteiger partial charge in [-0.3, -0.25) is 9.36 Å². The van der Waals surface area contributed by atoms with E-state index in [1.807, 2.05) is 55.5 Å². The number of aromatic nitrogens is 4. The molecule has 0 fully saturated rings. The molecule has 0 saturated heterocycles. The first-order valence-electron chi connectivity index (χ1n) is 8.20. The minimum Gasteiger partial charge on any atom is -0.292 e. The molecule has 0 aliphatic carbocycles. The highest BCUT2D eigenvalue weighted by Crippen LogP contribution is 2.15. The van der Waals surface area contributed by atoms with Gasteiger partial charge in [-0.2, -0.15) is 5.10 Å². The summed E-state index contributed by atoms with van der Waals surface area (Å²) >= 11 is 0. The van der Waals surface area contributed by atoms with E-state index in [4.69, 9.17) is 0 Å². The smallest absolute Gasteiger partial charge is 0.264 e. The summed E-state index contributed by atoms with van der Waals surface area (Å²) in [6.45, 7) is 4.42. The Bertz CT molecular complexity index is 1110. The first-order valence-corrected chi connectivity index (χ1v) is 8.20. The summed E-state index contributed by atoms with van der Waals surface area (Å²) in [6.07, 6.45) is 1.60. The van der Waals surface area contributed by atoms with Crippen LogP contribution in [0.4, 0.5) is 0 Å². The second-order valence-corrected chi connectivity index (χ2v) is 6.11. The molecule has 0 amide bonds. The third-order valence-corrected chi connectivity index (χ3v) is 4.47. The van der Waals surface area contributed by atoms with Crippen molar-refractivity contribution in [3.8, 4) is 5.69 Å². The number of hydrogen-bond acceptors (Lipinski definition) is 3. The lowest BCUT2D eigenvalue weighted by atomic mass is 10.1. The highest BCUT2D eigenvalue weighted by molar-refractivity contribution is 5.75. The fourth-order valence-corrected chi connectivity index (χ4v) is 3.01. The Kier molecular flexibility index (Phi) is 3.69. The average Bonchev–Trinajstić information content (AvgIpc) is 3.04. The first-order chi connectivity index (χ1) is 12.1. The van der Waals surface area contributed by atoms with Crippen molar-refractivity contribution in [1.82, 2.24) is 19.3 Å². The summed E-state index contributed by atoms with van der Waals surface area (Å²) in [5, 5.41) is 4.90. The summed E-state index contributed by atoms with van der Waals surface area (Å²) in [5.74, 6) is 0.679. The minimum absolute atomic E-state index is 0.0621. The second-order valence-electron chi connectivity index (χ2n) is 6.11. The zero-order chi connectivity index (χ0) is 17.4. The van der Waals surface area contributed by atoms with Gasteiger partial charge in [0.25, 0.3) is 5.56 Å². The van der Waals surface area contributed by atoms with Crippen molar-refractivity contribution >= 4 is 11.0 Å². The number of fused-ring (bicyclic) bond motifs is 1. The van der Waals surface area contributed by atoms with Gasteiger partial charge in [-0.25, -0.2) is 9.67 Å². The van der Waals surface area contributed by atoms with Crippen LogP contribution in [0.15, 0.2) is 65.6 Å². The van der Waals surface area contributed by atoms with Gasteiger partial charge in [0.15, 0.2) is 5.65 Å². The monoisotopic (exact) mass is 330 g/mol. The van der Waals surface area contributed by atoms with E-state index in [1.165, 1.54) is 0 Å². The fourth-order valence-electron chi connectivity index (χ4n) is 3.01. The van der Waals surface area contributed by atoms with E-state index in [2.05, 4.69) is 23.1 Å². The van der Waals surface area contributed by atoms with Gasteiger partial charge in [0.1, 0.15) is 11.2 Å². The largest absolute Gasteiger partial charge is 0.292 e. The van der Waals surface area contributed by atoms with E-state index in [1.54, 1.807) is 15.4 Å². The maximum absolute atomic E-state index is 13.0. The molecule has 0 spiro atoms. The number of nitrogens with zero attached hydrogens (tertiary/aromatic N) is 4. The Morgan fingerprint density at radius 1 is 0.960 bits per heavy atom. The predicted octanol–water partition coefficient (Wildman–Crippen LogP) is 3.25. The highest BCUT2D eigenvalue weighted by atomic mass is 16.1. The van der Waals surface area contributed by atoms with Crippen molar-refractivity contribution in [2.45, 2.75) is 20.4 Å². The normalized spacial score (nSPS) is 11.1. The fraction of sp³-hybridized carbons (Fsp3) is 0.150. The van der Waals surface area contributed by atoms with Gasteiger partial charge in [0.2, 0.25) is 0 Å². The summed E-state index contributed by atoms with van der Waals surface area (Å²) in [7, 11) is 0. The molecule has 4 aromatic rings. The summed E-state index contributed by atoms with van der Waals surface area (Å²) < 4.78 is 3.42. The van der Waals surface area contributed by atoms with Crippen molar-refractivity contribution in [3.63, 3.8) is 0 Å². The Morgan fingerprint density at radius 3 is 2.44 bits per heavy atom. The second kappa shape index (κ2) is 6.02. The predicted molar refractivity (Wildman–Crippen MR) is 98.1 cm³/mol. The quantitative estimate of drug-likeness (QED) is 0.579. The van der Waals surface area contributed by atoms with Gasteiger partial charge in [-0.15, -0.1) is 0 Å². The van der Waals surface area contributed by atoms with Gasteiger partial charge in [0, 0.05) is 0 Å². The number of para-hydroxylation sites is 1. The molecular formula is C20H18N4O. The van der Waals surface area contributed by atoms with Gasteiger partial charge in [0.05, 0.1) is 18.4 Å². The zero-order valence-corrected chi connectivity index (χ0v) is 14.2. The van der Waals surface area contributed by atoms with Crippen molar-refractivity contribution in [3.05, 3.63) is 88.1 Å². The SMILES string of the molecule is Cc1ccccc1Cn1c(C)nc2c(cnn2-c2ccccc2)c1=O. The zero-order valence-electron chi connectivity index (χ0n) is 14.2. The van der Waals surface area contributed by atoms with Crippen molar-refractivity contribution < 1.29 is 0 Å². The molecule has 2 aromatic carbocycles. The van der Waals surface area contributed by atoms with Crippen LogP contribution >= 0.6 is 0 Å². The van der Waals surface area contributed by atoms with Crippen molar-refractivity contribution in [2.75, 3.05) is 0 Å². The summed E-state index contributed by atoms with van der Waals surface area (Å²) in [6, 6.07) is 17.8. The standard InChI is InChI=1S/C20H18N4O/c1-14-8-6-7-9-16(14)13-23-15(2)22-19-18(20(23)25)12-21-24(19)17-10-4-3-5-11-17/h3-12H,13H2,1-2H3. The molecule has 2 heterocycles. The van der Waals surface area contributed by atoms with E-state index in [0.29, 0.717) is 23.4 Å². The summed E-state index contributed by atoms with van der Waals surface area (Å²) in [5.41, 5.74) is 3.70. The molecule has 124 valence electrons. The first kappa shape index (κ1) is 15.3. The molecule has 0 aliphatic heterocycles. The molecule has 4 rings (SSSR count). The average molecular weight is 330 g/mol. The van der Waals surface area contributed by atoms with E-state index >= 15 is 0 Å². The van der Waals surface area contributed by atoms with Crippen LogP contribution in [-0.4, -0.2) is 19.3 Å². The molecule has 25 heavy (non-hydrogen) atoms. The van der Waals surface area contributed by atoms with Crippen LogP contribution in [0.2, 0.25) is 0 Å². The van der Waals surface area contributed by atoms with Crippen LogP contribution in [0.1, 0.15) is 17.0 Å². The van der Waals surface area contributed by atoms with Crippen LogP contribution in [0.3, 0.4) is 0 Å². The molecule has 5 nitrogen and oxygen atoms in total. The Labute approximate surface area is 145 Å². The molecule has 0 saturated carbocycles. The lowest BCUT2D eigenvalue weighted by Gasteiger charge is -2.12. The van der Waals surface area contributed by atoms with Crippen molar-refractivity contribution in [1.29, 1.82) is 0 Å². The molecule has 0 bridgehead atoms. The van der Waals surface area contributed by atoms with Crippen LogP contribution < -0.4 is 5.56 Å². The Hall–Kier alpha value is -3.21. The van der Waals surface area contributed by atoms with E-state index in [9.17, 15) is 4.79 Å². The maximum atomic E-state index is 13.0. The molecule has 0 aliphatic rings. The van der Waals surface area contributed by atoms with Crippen LogP contribution in [0.25, 0.3) is 16.7 Å². The van der Waals surface area contributed by atoms with Crippen LogP contribution in [0, 0.1) is 13.8 Å². The third kappa shape index (κ3) is 2.63. The Balaban J connectivity index is 1.86. The summed E-state index contributed by atoms with van der Waals surface area (Å²) in [4.78, 5) is 17.6. The Morgan fingerprint density at radius 2 is 1.68 bits per heavy atom. The van der Waals surface area contributed by atoms with Gasteiger partial charge >= 0.3 is 0 Å².